The zero-order valence-electron chi connectivity index (χ0n) is 15.5. The number of sulfonamides is 1. The molecule has 2 aliphatic rings. The maximum Gasteiger partial charge on any atom is 0.414 e. The number of carbonyl (C=O) groups is 1. The number of anilines is 1. The molecule has 4 rings (SSSR count). The van der Waals surface area contributed by atoms with Crippen molar-refractivity contribution in [2.45, 2.75) is 37.3 Å². The fourth-order valence-corrected chi connectivity index (χ4v) is 5.56. The van der Waals surface area contributed by atoms with Crippen molar-refractivity contribution in [2.24, 2.45) is 0 Å². The van der Waals surface area contributed by atoms with Gasteiger partial charge in [0.15, 0.2) is 0 Å². The van der Waals surface area contributed by atoms with E-state index in [4.69, 9.17) is 4.74 Å². The van der Waals surface area contributed by atoms with E-state index in [1.54, 1.807) is 11.8 Å². The van der Waals surface area contributed by atoms with Gasteiger partial charge >= 0.3 is 6.09 Å². The van der Waals surface area contributed by atoms with Gasteiger partial charge in [-0.2, -0.15) is 4.31 Å². The molecular weight excluding hydrogens is 383 g/mol. The van der Waals surface area contributed by atoms with E-state index in [2.05, 4.69) is 0 Å². The smallest absolute Gasteiger partial charge is 0.414 e. The number of hydrogen-bond donors (Lipinski definition) is 0. The molecule has 0 unspecified atom stereocenters. The summed E-state index contributed by atoms with van der Waals surface area (Å²) >= 11 is 0. The number of halogens is 1. The average Bonchev–Trinajstić information content (AvgIpc) is 2.70. The monoisotopic (exact) mass is 404 g/mol. The highest BCUT2D eigenvalue weighted by atomic mass is 32.2. The predicted molar refractivity (Wildman–Crippen MR) is 102 cm³/mol. The number of nitrogens with zero attached hydrogens (tertiary/aromatic N) is 2. The Labute approximate surface area is 163 Å². The molecule has 0 bridgehead atoms. The van der Waals surface area contributed by atoms with Crippen LogP contribution in [-0.2, 0) is 21.4 Å². The molecule has 0 aromatic heterocycles. The van der Waals surface area contributed by atoms with Gasteiger partial charge < -0.3 is 4.74 Å². The summed E-state index contributed by atoms with van der Waals surface area (Å²) in [4.78, 5) is 14.0. The second kappa shape index (κ2) is 7.18. The zero-order valence-corrected chi connectivity index (χ0v) is 16.3. The van der Waals surface area contributed by atoms with Crippen LogP contribution in [0.1, 0.15) is 24.0 Å². The lowest BCUT2D eigenvalue weighted by molar-refractivity contribution is 0.136. The van der Waals surface area contributed by atoms with Crippen molar-refractivity contribution >= 4 is 21.8 Å². The van der Waals surface area contributed by atoms with E-state index in [1.807, 2.05) is 24.3 Å². The molecule has 0 saturated carbocycles. The number of para-hydroxylation sites is 1. The molecule has 2 aromatic rings. The van der Waals surface area contributed by atoms with Gasteiger partial charge in [0.25, 0.3) is 0 Å². The number of piperidine rings is 1. The number of benzene rings is 2. The number of ether oxygens (including phenoxy) is 1. The first-order valence-electron chi connectivity index (χ1n) is 9.18. The number of amides is 1. The fourth-order valence-electron chi connectivity index (χ4n) is 3.85. The minimum atomic E-state index is -3.78. The van der Waals surface area contributed by atoms with Gasteiger partial charge in [0, 0.05) is 24.7 Å². The second-order valence-corrected chi connectivity index (χ2v) is 9.00. The summed E-state index contributed by atoms with van der Waals surface area (Å²) in [7, 11) is -3.78. The molecule has 6 nitrogen and oxygen atoms in total. The highest BCUT2D eigenvalue weighted by Crippen LogP contribution is 2.33. The predicted octanol–water partition coefficient (Wildman–Crippen LogP) is 3.44. The number of fused-ring (bicyclic) bond motifs is 1. The summed E-state index contributed by atoms with van der Waals surface area (Å²) in [6, 6.07) is 11.2. The minimum Gasteiger partial charge on any atom is -0.444 e. The number of carbonyl (C=O) groups excluding carboxylic acids is 1. The Kier molecular flexibility index (Phi) is 4.84. The van der Waals surface area contributed by atoms with Gasteiger partial charge in [0.1, 0.15) is 12.4 Å². The normalized spacial score (nSPS) is 18.6. The van der Waals surface area contributed by atoms with Crippen LogP contribution in [0.2, 0.25) is 0 Å². The van der Waals surface area contributed by atoms with Gasteiger partial charge in [-0.1, -0.05) is 24.3 Å². The summed E-state index contributed by atoms with van der Waals surface area (Å²) in [5.41, 5.74) is 2.27. The van der Waals surface area contributed by atoms with E-state index in [-0.39, 0.29) is 30.6 Å². The lowest BCUT2D eigenvalue weighted by Crippen LogP contribution is -2.50. The maximum atomic E-state index is 13.6. The number of aryl methyl sites for hydroxylation is 1. The molecule has 8 heteroatoms. The molecule has 2 heterocycles. The van der Waals surface area contributed by atoms with Crippen molar-refractivity contribution < 1.29 is 22.3 Å². The summed E-state index contributed by atoms with van der Waals surface area (Å²) in [5, 5.41) is 0. The first-order chi connectivity index (χ1) is 13.4. The molecule has 0 spiro atoms. The Morgan fingerprint density at radius 1 is 1.11 bits per heavy atom. The van der Waals surface area contributed by atoms with Gasteiger partial charge in [-0.25, -0.2) is 17.6 Å². The summed E-state index contributed by atoms with van der Waals surface area (Å²) in [5.74, 6) is -0.577. The van der Waals surface area contributed by atoms with Crippen LogP contribution in [0.5, 0.6) is 0 Å². The summed E-state index contributed by atoms with van der Waals surface area (Å²) in [6.45, 7) is 2.42. The molecule has 1 fully saturated rings. The standard InChI is InChI=1S/C20H21FN2O4S/c1-14-6-7-16(21)12-19(14)28(25,26)22-10-8-17(9-11-22)23-18-5-3-2-4-15(18)13-27-20(23)24/h2-7,12,17H,8-11,13H2,1H3. The third-order valence-electron chi connectivity index (χ3n) is 5.36. The topological polar surface area (TPSA) is 66.9 Å². The second-order valence-electron chi connectivity index (χ2n) is 7.10. The van der Waals surface area contributed by atoms with E-state index in [0.29, 0.717) is 18.4 Å². The van der Waals surface area contributed by atoms with Gasteiger partial charge in [-0.3, -0.25) is 4.90 Å². The molecule has 1 amide bonds. The van der Waals surface area contributed by atoms with E-state index in [1.165, 1.54) is 16.4 Å². The van der Waals surface area contributed by atoms with Crippen LogP contribution in [0.4, 0.5) is 14.9 Å². The highest BCUT2D eigenvalue weighted by molar-refractivity contribution is 7.89. The van der Waals surface area contributed by atoms with Gasteiger partial charge in [0.2, 0.25) is 10.0 Å². The Hall–Kier alpha value is -2.45. The van der Waals surface area contributed by atoms with Crippen molar-refractivity contribution in [1.82, 2.24) is 4.31 Å². The lowest BCUT2D eigenvalue weighted by Gasteiger charge is -2.39. The van der Waals surface area contributed by atoms with Crippen molar-refractivity contribution in [3.8, 4) is 0 Å². The van der Waals surface area contributed by atoms with Gasteiger partial charge in [0.05, 0.1) is 10.6 Å². The molecule has 28 heavy (non-hydrogen) atoms. The SMILES string of the molecule is Cc1ccc(F)cc1S(=O)(=O)N1CCC(N2C(=O)OCc3ccccc32)CC1. The Balaban J connectivity index is 1.54. The van der Waals surface area contributed by atoms with Crippen LogP contribution in [0.25, 0.3) is 0 Å². The summed E-state index contributed by atoms with van der Waals surface area (Å²) in [6.07, 6.45) is 0.564. The van der Waals surface area contributed by atoms with Crippen molar-refractivity contribution in [3.05, 3.63) is 59.4 Å². The van der Waals surface area contributed by atoms with Crippen LogP contribution >= 0.6 is 0 Å². The molecule has 2 aromatic carbocycles. The highest BCUT2D eigenvalue weighted by Gasteiger charge is 2.37. The van der Waals surface area contributed by atoms with Crippen LogP contribution in [-0.4, -0.2) is 37.9 Å². The molecule has 148 valence electrons. The number of hydrogen-bond acceptors (Lipinski definition) is 4. The molecular formula is C20H21FN2O4S. The summed E-state index contributed by atoms with van der Waals surface area (Å²) < 4.78 is 46.2. The van der Waals surface area contributed by atoms with Crippen molar-refractivity contribution in [1.29, 1.82) is 0 Å². The third kappa shape index (κ3) is 3.27. The third-order valence-corrected chi connectivity index (χ3v) is 7.40. The van der Waals surface area contributed by atoms with E-state index >= 15 is 0 Å². The quantitative estimate of drug-likeness (QED) is 0.786. The van der Waals surface area contributed by atoms with Crippen LogP contribution in [0.3, 0.4) is 0 Å². The van der Waals surface area contributed by atoms with Crippen LogP contribution in [0, 0.1) is 12.7 Å². The lowest BCUT2D eigenvalue weighted by atomic mass is 10.0. The minimum absolute atomic E-state index is 0.00585. The fraction of sp³-hybridized carbons (Fsp3) is 0.350. The largest absolute Gasteiger partial charge is 0.444 e. The van der Waals surface area contributed by atoms with E-state index < -0.39 is 21.9 Å². The van der Waals surface area contributed by atoms with Crippen molar-refractivity contribution in [2.75, 3.05) is 18.0 Å². The number of rotatable bonds is 3. The Morgan fingerprint density at radius 3 is 2.57 bits per heavy atom. The zero-order chi connectivity index (χ0) is 19.9. The first kappa shape index (κ1) is 18.9. The van der Waals surface area contributed by atoms with Gasteiger partial charge in [-0.05, 0) is 43.5 Å². The molecule has 0 N–H and O–H groups in total. The van der Waals surface area contributed by atoms with E-state index in [0.717, 1.165) is 17.3 Å². The average molecular weight is 404 g/mol. The Bertz CT molecular complexity index is 1020. The van der Waals surface area contributed by atoms with E-state index in [9.17, 15) is 17.6 Å². The maximum absolute atomic E-state index is 13.6. The van der Waals surface area contributed by atoms with Gasteiger partial charge in [-0.15, -0.1) is 0 Å². The molecule has 0 aliphatic carbocycles. The van der Waals surface area contributed by atoms with Crippen molar-refractivity contribution in [3.63, 3.8) is 0 Å². The molecule has 0 radical (unpaired) electrons. The first-order valence-corrected chi connectivity index (χ1v) is 10.6. The number of cyclic esters (lactones) is 1. The van der Waals surface area contributed by atoms with Crippen LogP contribution in [0.15, 0.2) is 47.4 Å². The molecule has 0 atom stereocenters. The molecule has 2 aliphatic heterocycles. The Morgan fingerprint density at radius 2 is 1.82 bits per heavy atom. The van der Waals surface area contributed by atoms with Crippen LogP contribution < -0.4 is 4.90 Å². The molecule has 1 saturated heterocycles.